The Balaban J connectivity index is 1.91. The zero-order valence-electron chi connectivity index (χ0n) is 16.0. The number of ketones is 1. The molecule has 1 atom stereocenters. The third-order valence-electron chi connectivity index (χ3n) is 4.16. The van der Waals surface area contributed by atoms with Gasteiger partial charge in [-0.2, -0.15) is 0 Å². The van der Waals surface area contributed by atoms with Crippen molar-refractivity contribution in [2.24, 2.45) is 5.92 Å². The van der Waals surface area contributed by atoms with Crippen LogP contribution in [0.1, 0.15) is 48.7 Å². The lowest BCUT2D eigenvalue weighted by Crippen LogP contribution is -2.01. The number of benzene rings is 2. The second kappa shape index (κ2) is 9.72. The summed E-state index contributed by atoms with van der Waals surface area (Å²) in [4.78, 5) is 12.4. The summed E-state index contributed by atoms with van der Waals surface area (Å²) in [6, 6.07) is 17.2. The zero-order chi connectivity index (χ0) is 18.9. The molecule has 0 aliphatic heterocycles. The Morgan fingerprint density at radius 1 is 1.00 bits per heavy atom. The smallest absolute Gasteiger partial charge is 0.193 e. The highest BCUT2D eigenvalue weighted by molar-refractivity contribution is 6.08. The summed E-state index contributed by atoms with van der Waals surface area (Å²) in [5.74, 6) is 0.608. The highest BCUT2D eigenvalue weighted by atomic mass is 16.1. The summed E-state index contributed by atoms with van der Waals surface area (Å²) in [5, 5.41) is 0. The van der Waals surface area contributed by atoms with Gasteiger partial charge < -0.3 is 0 Å². The first-order valence-electron chi connectivity index (χ1n) is 9.13. The summed E-state index contributed by atoms with van der Waals surface area (Å²) in [5.41, 5.74) is 5.04. The van der Waals surface area contributed by atoms with Gasteiger partial charge in [0.05, 0.1) is 0 Å². The van der Waals surface area contributed by atoms with E-state index < -0.39 is 0 Å². The van der Waals surface area contributed by atoms with Crippen LogP contribution in [0.5, 0.6) is 0 Å². The van der Waals surface area contributed by atoms with Gasteiger partial charge in [0, 0.05) is 11.1 Å². The highest BCUT2D eigenvalue weighted by Crippen LogP contribution is 2.14. The molecule has 2 aromatic rings. The Morgan fingerprint density at radius 2 is 1.62 bits per heavy atom. The first kappa shape index (κ1) is 19.7. The van der Waals surface area contributed by atoms with E-state index in [0.29, 0.717) is 5.92 Å². The van der Waals surface area contributed by atoms with E-state index in [1.807, 2.05) is 54.6 Å². The van der Waals surface area contributed by atoms with Gasteiger partial charge in [-0.05, 0) is 38.2 Å². The Kier molecular flexibility index (Phi) is 7.35. The highest BCUT2D eigenvalue weighted by Gasteiger charge is 2.08. The van der Waals surface area contributed by atoms with Crippen molar-refractivity contribution in [1.82, 2.24) is 0 Å². The van der Waals surface area contributed by atoms with Gasteiger partial charge in [-0.3, -0.25) is 4.79 Å². The third-order valence-corrected chi connectivity index (χ3v) is 4.16. The Bertz CT molecular complexity index is 788. The fourth-order valence-electron chi connectivity index (χ4n) is 2.94. The van der Waals surface area contributed by atoms with E-state index in [1.54, 1.807) is 0 Å². The van der Waals surface area contributed by atoms with E-state index in [4.69, 9.17) is 0 Å². The van der Waals surface area contributed by atoms with Crippen LogP contribution in [0.4, 0.5) is 0 Å². The molecule has 0 N–H and O–H groups in total. The molecule has 0 saturated heterocycles. The maximum Gasteiger partial charge on any atom is 0.193 e. The van der Waals surface area contributed by atoms with Crippen molar-refractivity contribution in [2.45, 2.75) is 33.6 Å². The molecule has 1 nitrogen and oxygen atoms in total. The number of carbonyl (C=O) groups excluding carboxylic acids is 1. The van der Waals surface area contributed by atoms with Crippen molar-refractivity contribution < 1.29 is 4.79 Å². The Morgan fingerprint density at radius 3 is 2.23 bits per heavy atom. The second-order valence-corrected chi connectivity index (χ2v) is 7.09. The lowest BCUT2D eigenvalue weighted by Gasteiger charge is -2.05. The van der Waals surface area contributed by atoms with Crippen molar-refractivity contribution in [2.75, 3.05) is 0 Å². The van der Waals surface area contributed by atoms with Crippen molar-refractivity contribution in [3.05, 3.63) is 107 Å². The van der Waals surface area contributed by atoms with Gasteiger partial charge in [0.15, 0.2) is 5.78 Å². The molecule has 1 unspecified atom stereocenters. The molecular formula is C25H28O. The van der Waals surface area contributed by atoms with Crippen LogP contribution in [-0.4, -0.2) is 5.78 Å². The molecule has 0 saturated carbocycles. The van der Waals surface area contributed by atoms with Crippen LogP contribution < -0.4 is 0 Å². The molecular weight excluding hydrogens is 316 g/mol. The summed E-state index contributed by atoms with van der Waals surface area (Å²) < 4.78 is 0. The number of carbonyl (C=O) groups is 1. The molecule has 0 spiro atoms. The SMILES string of the molecule is C=C(/C=C/CC(C)C=C(C)C)Cc1ccc(C(=O)c2ccccc2)cc1. The first-order valence-corrected chi connectivity index (χ1v) is 9.13. The maximum absolute atomic E-state index is 12.4. The van der Waals surface area contributed by atoms with Crippen LogP contribution in [-0.2, 0) is 6.42 Å². The standard InChI is InChI=1S/C25H28O/c1-19(2)17-20(3)9-8-10-21(4)18-22-13-15-24(16-14-22)25(26)23-11-6-5-7-12-23/h5-8,10-17,20H,4,9,18H2,1-3H3/b10-8+. The Labute approximate surface area is 157 Å². The molecule has 134 valence electrons. The van der Waals surface area contributed by atoms with E-state index in [9.17, 15) is 4.79 Å². The average molecular weight is 344 g/mol. The molecule has 0 aliphatic rings. The van der Waals surface area contributed by atoms with Crippen LogP contribution in [0.2, 0.25) is 0 Å². The van der Waals surface area contributed by atoms with Gasteiger partial charge in [0.2, 0.25) is 0 Å². The van der Waals surface area contributed by atoms with Crippen molar-refractivity contribution in [3.63, 3.8) is 0 Å². The maximum atomic E-state index is 12.4. The molecule has 2 rings (SSSR count). The van der Waals surface area contributed by atoms with Gasteiger partial charge in [0.1, 0.15) is 0 Å². The lowest BCUT2D eigenvalue weighted by atomic mass is 9.99. The summed E-state index contributed by atoms with van der Waals surface area (Å²) in [7, 11) is 0. The van der Waals surface area contributed by atoms with E-state index in [0.717, 1.165) is 29.5 Å². The van der Waals surface area contributed by atoms with Gasteiger partial charge in [0.25, 0.3) is 0 Å². The van der Waals surface area contributed by atoms with Gasteiger partial charge in [-0.25, -0.2) is 0 Å². The first-order chi connectivity index (χ1) is 12.5. The van der Waals surface area contributed by atoms with Gasteiger partial charge in [-0.15, -0.1) is 0 Å². The number of hydrogen-bond acceptors (Lipinski definition) is 1. The molecule has 0 heterocycles. The quantitative estimate of drug-likeness (QED) is 0.301. The fourth-order valence-corrected chi connectivity index (χ4v) is 2.94. The van der Waals surface area contributed by atoms with Crippen LogP contribution in [0.25, 0.3) is 0 Å². The molecule has 2 aromatic carbocycles. The van der Waals surface area contributed by atoms with E-state index in [1.165, 1.54) is 11.1 Å². The molecule has 0 aromatic heterocycles. The zero-order valence-corrected chi connectivity index (χ0v) is 16.0. The molecule has 0 amide bonds. The van der Waals surface area contributed by atoms with Crippen molar-refractivity contribution >= 4 is 5.78 Å². The van der Waals surface area contributed by atoms with Crippen LogP contribution in [0, 0.1) is 5.92 Å². The summed E-state index contributed by atoms with van der Waals surface area (Å²) in [6.45, 7) is 10.6. The fraction of sp³-hybridized carbons (Fsp3) is 0.240. The van der Waals surface area contributed by atoms with Crippen LogP contribution >= 0.6 is 0 Å². The van der Waals surface area contributed by atoms with Crippen molar-refractivity contribution in [1.29, 1.82) is 0 Å². The Hall–Kier alpha value is -2.67. The van der Waals surface area contributed by atoms with Gasteiger partial charge in [-0.1, -0.05) is 97.5 Å². The normalized spacial score (nSPS) is 12.0. The number of hydrogen-bond donors (Lipinski definition) is 0. The monoisotopic (exact) mass is 344 g/mol. The molecule has 0 radical (unpaired) electrons. The minimum absolute atomic E-state index is 0.0594. The van der Waals surface area contributed by atoms with Gasteiger partial charge >= 0.3 is 0 Å². The van der Waals surface area contributed by atoms with E-state index in [2.05, 4.69) is 45.6 Å². The minimum Gasteiger partial charge on any atom is -0.289 e. The predicted octanol–water partition coefficient (Wildman–Crippen LogP) is 6.56. The molecule has 0 aliphatic carbocycles. The average Bonchev–Trinajstić information content (AvgIpc) is 2.62. The molecule has 0 fully saturated rings. The number of allylic oxidation sites excluding steroid dienone is 5. The van der Waals surface area contributed by atoms with E-state index in [-0.39, 0.29) is 5.78 Å². The number of rotatable bonds is 8. The topological polar surface area (TPSA) is 17.1 Å². The molecule has 26 heavy (non-hydrogen) atoms. The minimum atomic E-state index is 0.0594. The van der Waals surface area contributed by atoms with E-state index >= 15 is 0 Å². The summed E-state index contributed by atoms with van der Waals surface area (Å²) in [6.07, 6.45) is 8.41. The van der Waals surface area contributed by atoms with Crippen LogP contribution in [0.3, 0.4) is 0 Å². The summed E-state index contributed by atoms with van der Waals surface area (Å²) >= 11 is 0. The predicted molar refractivity (Wildman–Crippen MR) is 112 cm³/mol. The third kappa shape index (κ3) is 6.33. The largest absolute Gasteiger partial charge is 0.289 e. The second-order valence-electron chi connectivity index (χ2n) is 7.09. The van der Waals surface area contributed by atoms with Crippen LogP contribution in [0.15, 0.2) is 90.6 Å². The van der Waals surface area contributed by atoms with Crippen molar-refractivity contribution in [3.8, 4) is 0 Å². The lowest BCUT2D eigenvalue weighted by molar-refractivity contribution is 0.103. The molecule has 1 heteroatoms. The molecule has 0 bridgehead atoms.